The molecule has 0 bridgehead atoms. The van der Waals surface area contributed by atoms with E-state index >= 15 is 0 Å². The Kier molecular flexibility index (Phi) is 12.7. The number of benzene rings is 3. The predicted octanol–water partition coefficient (Wildman–Crippen LogP) is 3.92. The van der Waals surface area contributed by atoms with Crippen LogP contribution in [0.25, 0.3) is 0 Å². The molecule has 0 aromatic heterocycles. The van der Waals surface area contributed by atoms with Crippen LogP contribution in [0.5, 0.6) is 0 Å². The van der Waals surface area contributed by atoms with Gasteiger partial charge in [-0.15, -0.1) is 0 Å². The van der Waals surface area contributed by atoms with Crippen LogP contribution in [0.4, 0.5) is 9.59 Å². The van der Waals surface area contributed by atoms with Gasteiger partial charge in [0, 0.05) is 19.4 Å². The minimum absolute atomic E-state index is 0.0233. The zero-order valence-corrected chi connectivity index (χ0v) is 28.2. The first-order chi connectivity index (χ1) is 23.4. The Bertz CT molecular complexity index is 1560. The van der Waals surface area contributed by atoms with Gasteiger partial charge >= 0.3 is 18.2 Å². The molecule has 0 unspecified atom stereocenters. The Morgan fingerprint density at radius 2 is 1.31 bits per heavy atom. The minimum Gasteiger partial charge on any atom is -0.467 e. The molecule has 1 fully saturated rings. The summed E-state index contributed by atoms with van der Waals surface area (Å²) < 4.78 is 15.9. The smallest absolute Gasteiger partial charge is 0.411 e. The molecule has 3 aromatic rings. The van der Waals surface area contributed by atoms with Crippen molar-refractivity contribution in [3.05, 3.63) is 108 Å². The summed E-state index contributed by atoms with van der Waals surface area (Å²) in [5, 5.41) is 8.30. The number of hydrogen-bond donors (Lipinski definition) is 3. The summed E-state index contributed by atoms with van der Waals surface area (Å²) in [6, 6.07) is 23.6. The highest BCUT2D eigenvalue weighted by atomic mass is 16.6. The van der Waals surface area contributed by atoms with Gasteiger partial charge in [0.05, 0.1) is 13.2 Å². The first kappa shape index (κ1) is 36.4. The molecular weight excluding hydrogens is 628 g/mol. The molecule has 260 valence electrons. The lowest BCUT2D eigenvalue weighted by Crippen LogP contribution is -2.56. The number of methoxy groups -OCH3 is 1. The monoisotopic (exact) mass is 672 g/mol. The molecule has 4 rings (SSSR count). The molecule has 1 aliphatic heterocycles. The van der Waals surface area contributed by atoms with Gasteiger partial charge in [0.1, 0.15) is 30.3 Å². The molecule has 0 spiro atoms. The molecule has 1 saturated heterocycles. The summed E-state index contributed by atoms with van der Waals surface area (Å²) in [7, 11) is 1.24. The van der Waals surface area contributed by atoms with Crippen molar-refractivity contribution in [3.63, 3.8) is 0 Å². The van der Waals surface area contributed by atoms with E-state index in [1.165, 1.54) is 12.0 Å². The molecule has 12 heteroatoms. The van der Waals surface area contributed by atoms with Crippen LogP contribution in [0.15, 0.2) is 91.0 Å². The van der Waals surface area contributed by atoms with Crippen LogP contribution >= 0.6 is 0 Å². The second-order valence-corrected chi connectivity index (χ2v) is 12.8. The number of likely N-dealkylation sites (tertiary alicyclic amines) is 1. The highest BCUT2D eigenvalue weighted by Crippen LogP contribution is 2.23. The number of alkyl carbamates (subject to hydrolysis) is 1. The second kappa shape index (κ2) is 17.1. The molecule has 12 nitrogen and oxygen atoms in total. The Hall–Kier alpha value is -5.39. The third kappa shape index (κ3) is 11.4. The normalized spacial score (nSPS) is 16.9. The van der Waals surface area contributed by atoms with Crippen molar-refractivity contribution in [2.24, 2.45) is 0 Å². The lowest BCUT2D eigenvalue weighted by Gasteiger charge is -2.29. The molecule has 1 aliphatic rings. The van der Waals surface area contributed by atoms with Crippen molar-refractivity contribution in [3.8, 4) is 0 Å². The number of hydrogen-bond acceptors (Lipinski definition) is 8. The highest BCUT2D eigenvalue weighted by molar-refractivity contribution is 5.93. The fourth-order valence-electron chi connectivity index (χ4n) is 5.43. The van der Waals surface area contributed by atoms with Crippen molar-refractivity contribution < 1.29 is 38.2 Å². The predicted molar refractivity (Wildman–Crippen MR) is 181 cm³/mol. The van der Waals surface area contributed by atoms with Crippen molar-refractivity contribution >= 4 is 30.0 Å². The summed E-state index contributed by atoms with van der Waals surface area (Å²) in [6.45, 7) is 5.15. The van der Waals surface area contributed by atoms with E-state index in [0.717, 1.165) is 16.7 Å². The number of carbonyl (C=O) groups is 5. The van der Waals surface area contributed by atoms with E-state index in [9.17, 15) is 24.0 Å². The number of carbonyl (C=O) groups excluding carboxylic acids is 5. The zero-order valence-electron chi connectivity index (χ0n) is 28.2. The summed E-state index contributed by atoms with van der Waals surface area (Å²) in [5.41, 5.74) is 1.52. The highest BCUT2D eigenvalue weighted by Gasteiger charge is 2.43. The first-order valence-electron chi connectivity index (χ1n) is 16.1. The summed E-state index contributed by atoms with van der Waals surface area (Å²) in [5.74, 6) is -1.87. The standard InChI is InChI=1S/C37H44N4O8/c1-37(2,3)49-36(46)41-23-28(38-35(45)48-24-27-18-12-7-13-19-27)22-31(41)33(43)39-29(20-25-14-8-5-9-15-25)32(42)40-30(34(44)47-4)21-26-16-10-6-11-17-26/h5-19,28-31H,20-24H2,1-4H3,(H,38,45)(H,39,43)(H,40,42)/t28-,29+,30-,31-/m0/s1. The lowest BCUT2D eigenvalue weighted by atomic mass is 10.0. The Balaban J connectivity index is 1.51. The van der Waals surface area contributed by atoms with Crippen molar-refractivity contribution in [1.29, 1.82) is 0 Å². The SMILES string of the molecule is COC(=O)[C@H](Cc1ccccc1)NC(=O)[C@@H](Cc1ccccc1)NC(=O)[C@@H]1C[C@H](NC(=O)OCc2ccccc2)CN1C(=O)OC(C)(C)C. The van der Waals surface area contributed by atoms with Crippen molar-refractivity contribution in [1.82, 2.24) is 20.9 Å². The maximum atomic E-state index is 14.0. The van der Waals surface area contributed by atoms with Crippen LogP contribution in [-0.2, 0) is 48.0 Å². The van der Waals surface area contributed by atoms with E-state index in [0.29, 0.717) is 0 Å². The second-order valence-electron chi connectivity index (χ2n) is 12.8. The van der Waals surface area contributed by atoms with Crippen LogP contribution in [-0.4, -0.2) is 78.3 Å². The van der Waals surface area contributed by atoms with Gasteiger partial charge in [0.15, 0.2) is 0 Å². The van der Waals surface area contributed by atoms with Gasteiger partial charge in [-0.25, -0.2) is 14.4 Å². The number of nitrogens with one attached hydrogen (secondary N) is 3. The fraction of sp³-hybridized carbons (Fsp3) is 0.378. The van der Waals surface area contributed by atoms with Crippen molar-refractivity contribution in [2.45, 2.75) is 76.4 Å². The van der Waals surface area contributed by atoms with Gasteiger partial charge < -0.3 is 30.2 Å². The summed E-state index contributed by atoms with van der Waals surface area (Å²) in [4.78, 5) is 67.7. The molecule has 3 N–H and O–H groups in total. The van der Waals surface area contributed by atoms with Gasteiger partial charge in [0.25, 0.3) is 0 Å². The van der Waals surface area contributed by atoms with E-state index in [2.05, 4.69) is 16.0 Å². The molecule has 1 heterocycles. The molecule has 4 amide bonds. The molecule has 3 aromatic carbocycles. The molecule has 0 radical (unpaired) electrons. The van der Waals surface area contributed by atoms with E-state index < -0.39 is 59.7 Å². The van der Waals surface area contributed by atoms with Crippen molar-refractivity contribution in [2.75, 3.05) is 13.7 Å². The van der Waals surface area contributed by atoms with E-state index in [1.54, 1.807) is 20.8 Å². The average molecular weight is 673 g/mol. The topological polar surface area (TPSA) is 152 Å². The molecule has 49 heavy (non-hydrogen) atoms. The van der Waals surface area contributed by atoms with Gasteiger partial charge in [-0.05, 0) is 43.9 Å². The van der Waals surface area contributed by atoms with E-state index in [1.807, 2.05) is 91.0 Å². The zero-order chi connectivity index (χ0) is 35.4. The Labute approximate surface area is 286 Å². The van der Waals surface area contributed by atoms with Crippen LogP contribution < -0.4 is 16.0 Å². The average Bonchev–Trinajstić information content (AvgIpc) is 3.51. The largest absolute Gasteiger partial charge is 0.467 e. The van der Waals surface area contributed by atoms with Crippen LogP contribution in [0.3, 0.4) is 0 Å². The van der Waals surface area contributed by atoms with Crippen LogP contribution in [0.1, 0.15) is 43.9 Å². The van der Waals surface area contributed by atoms with Gasteiger partial charge in [-0.3, -0.25) is 14.5 Å². The molecular formula is C37H44N4O8. The van der Waals surface area contributed by atoms with Crippen LogP contribution in [0.2, 0.25) is 0 Å². The maximum absolute atomic E-state index is 14.0. The van der Waals surface area contributed by atoms with Crippen LogP contribution in [0, 0.1) is 0 Å². The Morgan fingerprint density at radius 3 is 1.84 bits per heavy atom. The maximum Gasteiger partial charge on any atom is 0.411 e. The quantitative estimate of drug-likeness (QED) is 0.194. The fourth-order valence-corrected chi connectivity index (χ4v) is 5.43. The number of ether oxygens (including phenoxy) is 3. The molecule has 0 saturated carbocycles. The number of esters is 1. The molecule has 4 atom stereocenters. The first-order valence-corrected chi connectivity index (χ1v) is 16.1. The lowest BCUT2D eigenvalue weighted by molar-refractivity contribution is -0.145. The van der Waals surface area contributed by atoms with Gasteiger partial charge in [0.2, 0.25) is 11.8 Å². The number of rotatable bonds is 12. The van der Waals surface area contributed by atoms with Gasteiger partial charge in [-0.2, -0.15) is 0 Å². The van der Waals surface area contributed by atoms with E-state index in [4.69, 9.17) is 14.2 Å². The van der Waals surface area contributed by atoms with Gasteiger partial charge in [-0.1, -0.05) is 91.0 Å². The third-order valence-corrected chi connectivity index (χ3v) is 7.77. The van der Waals surface area contributed by atoms with E-state index in [-0.39, 0.29) is 32.4 Å². The summed E-state index contributed by atoms with van der Waals surface area (Å²) >= 11 is 0. The minimum atomic E-state index is -1.12. The number of nitrogens with zero attached hydrogens (tertiary/aromatic N) is 1. The summed E-state index contributed by atoms with van der Waals surface area (Å²) in [6.07, 6.45) is -1.12. The number of amides is 4. The molecule has 0 aliphatic carbocycles. The third-order valence-electron chi connectivity index (χ3n) is 7.77. The Morgan fingerprint density at radius 1 is 0.776 bits per heavy atom.